The lowest BCUT2D eigenvalue weighted by Gasteiger charge is -2.22. The van der Waals surface area contributed by atoms with Gasteiger partial charge in [-0.1, -0.05) is 12.2 Å². The highest BCUT2D eigenvalue weighted by molar-refractivity contribution is 5.81. The van der Waals surface area contributed by atoms with Crippen LogP contribution < -0.4 is 5.73 Å². The molecule has 6 nitrogen and oxygen atoms in total. The average molecular weight is 245 g/mol. The van der Waals surface area contributed by atoms with Gasteiger partial charge in [0.2, 0.25) is 0 Å². The van der Waals surface area contributed by atoms with Crippen molar-refractivity contribution in [3.8, 4) is 0 Å². The molecule has 1 aliphatic carbocycles. The minimum absolute atomic E-state index is 0.211. The van der Waals surface area contributed by atoms with Gasteiger partial charge >= 0.3 is 0 Å². The number of anilines is 1. The molecule has 94 valence electrons. The van der Waals surface area contributed by atoms with Crippen LogP contribution in [0.25, 0.3) is 11.2 Å². The Morgan fingerprint density at radius 3 is 2.89 bits per heavy atom. The number of hydrogen-bond acceptors (Lipinski definition) is 5. The van der Waals surface area contributed by atoms with E-state index in [4.69, 9.17) is 10.8 Å². The second kappa shape index (κ2) is 4.38. The number of nitrogens with zero attached hydrogens (tertiary/aromatic N) is 4. The van der Waals surface area contributed by atoms with Crippen LogP contribution in [0.2, 0.25) is 0 Å². The van der Waals surface area contributed by atoms with Gasteiger partial charge in [0.25, 0.3) is 0 Å². The number of aliphatic hydroxyl groups excluding tert-OH is 1. The Labute approximate surface area is 104 Å². The molecule has 0 unspecified atom stereocenters. The van der Waals surface area contributed by atoms with Crippen LogP contribution in [0.1, 0.15) is 18.9 Å². The molecule has 18 heavy (non-hydrogen) atoms. The highest BCUT2D eigenvalue weighted by Crippen LogP contribution is 2.28. The van der Waals surface area contributed by atoms with Crippen molar-refractivity contribution in [2.24, 2.45) is 5.92 Å². The lowest BCUT2D eigenvalue weighted by molar-refractivity contribution is 0.235. The van der Waals surface area contributed by atoms with E-state index in [1.165, 1.54) is 6.33 Å². The second-order valence-electron chi connectivity index (χ2n) is 4.56. The van der Waals surface area contributed by atoms with Gasteiger partial charge in [0.15, 0.2) is 11.5 Å². The van der Waals surface area contributed by atoms with Crippen LogP contribution in [0.15, 0.2) is 24.8 Å². The number of aliphatic hydroxyl groups is 1. The Kier molecular flexibility index (Phi) is 2.71. The minimum atomic E-state index is 0.211. The third kappa shape index (κ3) is 1.74. The Bertz CT molecular complexity index is 591. The molecule has 3 N–H and O–H groups in total. The minimum Gasteiger partial charge on any atom is -0.396 e. The second-order valence-corrected chi connectivity index (χ2v) is 4.56. The average Bonchev–Trinajstić information content (AvgIpc) is 2.84. The summed E-state index contributed by atoms with van der Waals surface area (Å²) in [7, 11) is 0. The van der Waals surface area contributed by atoms with Crippen molar-refractivity contribution in [2.45, 2.75) is 18.9 Å². The Hall–Kier alpha value is -1.95. The molecule has 2 aromatic rings. The smallest absolute Gasteiger partial charge is 0.165 e. The summed E-state index contributed by atoms with van der Waals surface area (Å²) in [6.45, 7) is 0.211. The lowest BCUT2D eigenvalue weighted by atomic mass is 9.93. The largest absolute Gasteiger partial charge is 0.396 e. The first-order valence-corrected chi connectivity index (χ1v) is 6.02. The van der Waals surface area contributed by atoms with E-state index >= 15 is 0 Å². The van der Waals surface area contributed by atoms with Crippen molar-refractivity contribution in [2.75, 3.05) is 12.3 Å². The molecule has 0 saturated heterocycles. The molecular weight excluding hydrogens is 230 g/mol. The van der Waals surface area contributed by atoms with Crippen LogP contribution in [-0.2, 0) is 0 Å². The van der Waals surface area contributed by atoms with Crippen LogP contribution in [0.4, 0.5) is 5.82 Å². The topological polar surface area (TPSA) is 89.9 Å². The van der Waals surface area contributed by atoms with Crippen molar-refractivity contribution >= 4 is 17.0 Å². The van der Waals surface area contributed by atoms with E-state index in [9.17, 15) is 0 Å². The summed E-state index contributed by atoms with van der Waals surface area (Å²) < 4.78 is 2.01. The molecule has 0 aromatic carbocycles. The molecule has 2 heterocycles. The van der Waals surface area contributed by atoms with Gasteiger partial charge in [-0.2, -0.15) is 0 Å². The summed E-state index contributed by atoms with van der Waals surface area (Å²) in [5, 5.41) is 9.11. The van der Waals surface area contributed by atoms with Gasteiger partial charge in [0, 0.05) is 12.5 Å². The number of hydrogen-bond donors (Lipinski definition) is 2. The monoisotopic (exact) mass is 245 g/mol. The van der Waals surface area contributed by atoms with Gasteiger partial charge in [-0.15, -0.1) is 0 Å². The van der Waals surface area contributed by atoms with E-state index in [0.29, 0.717) is 11.3 Å². The fourth-order valence-electron chi connectivity index (χ4n) is 2.36. The molecule has 0 aliphatic heterocycles. The van der Waals surface area contributed by atoms with Crippen LogP contribution in [0.5, 0.6) is 0 Å². The fourth-order valence-corrected chi connectivity index (χ4v) is 2.36. The third-order valence-corrected chi connectivity index (χ3v) is 3.42. The molecular formula is C12H15N5O. The molecule has 0 amide bonds. The molecule has 1 aliphatic rings. The molecule has 2 atom stereocenters. The predicted octanol–water partition coefficient (Wildman–Crippen LogP) is 0.908. The van der Waals surface area contributed by atoms with Crippen molar-refractivity contribution in [1.29, 1.82) is 0 Å². The fraction of sp³-hybridized carbons (Fsp3) is 0.417. The van der Waals surface area contributed by atoms with Crippen molar-refractivity contribution in [1.82, 2.24) is 19.5 Å². The molecule has 0 fully saturated rings. The lowest BCUT2D eigenvalue weighted by Crippen LogP contribution is -2.15. The summed E-state index contributed by atoms with van der Waals surface area (Å²) in [5.41, 5.74) is 7.18. The van der Waals surface area contributed by atoms with E-state index in [0.717, 1.165) is 18.5 Å². The van der Waals surface area contributed by atoms with E-state index in [1.54, 1.807) is 6.33 Å². The first kappa shape index (κ1) is 11.2. The van der Waals surface area contributed by atoms with E-state index < -0.39 is 0 Å². The van der Waals surface area contributed by atoms with Crippen LogP contribution in [-0.4, -0.2) is 31.2 Å². The Morgan fingerprint density at radius 1 is 1.28 bits per heavy atom. The van der Waals surface area contributed by atoms with Gasteiger partial charge in [0.05, 0.1) is 12.4 Å². The SMILES string of the molecule is Nc1ncnc2c1ncn2[C@H]1C=C[C@@H](CO)CC1. The summed E-state index contributed by atoms with van der Waals surface area (Å²) in [5.74, 6) is 0.683. The number of allylic oxidation sites excluding steroid dienone is 1. The highest BCUT2D eigenvalue weighted by atomic mass is 16.3. The molecule has 3 rings (SSSR count). The van der Waals surface area contributed by atoms with E-state index in [-0.39, 0.29) is 18.6 Å². The van der Waals surface area contributed by atoms with Crippen molar-refractivity contribution < 1.29 is 5.11 Å². The van der Waals surface area contributed by atoms with Gasteiger partial charge in [-0.3, -0.25) is 0 Å². The Balaban J connectivity index is 1.98. The predicted molar refractivity (Wildman–Crippen MR) is 67.7 cm³/mol. The molecule has 0 bridgehead atoms. The summed E-state index contributed by atoms with van der Waals surface area (Å²) in [6, 6.07) is 0.229. The first-order valence-electron chi connectivity index (χ1n) is 6.02. The molecule has 6 heteroatoms. The number of imidazole rings is 1. The Morgan fingerprint density at radius 2 is 2.17 bits per heavy atom. The quantitative estimate of drug-likeness (QED) is 0.767. The number of nitrogen functional groups attached to an aromatic ring is 1. The maximum Gasteiger partial charge on any atom is 0.165 e. The number of rotatable bonds is 2. The van der Waals surface area contributed by atoms with Gasteiger partial charge in [-0.25, -0.2) is 15.0 Å². The molecule has 0 spiro atoms. The summed E-state index contributed by atoms with van der Waals surface area (Å²) in [6.07, 6.45) is 9.31. The van der Waals surface area contributed by atoms with E-state index in [1.807, 2.05) is 4.57 Å². The van der Waals surface area contributed by atoms with Crippen LogP contribution in [0, 0.1) is 5.92 Å². The summed E-state index contributed by atoms with van der Waals surface area (Å²) >= 11 is 0. The first-order chi connectivity index (χ1) is 8.79. The van der Waals surface area contributed by atoms with E-state index in [2.05, 4.69) is 27.1 Å². The molecule has 0 saturated carbocycles. The van der Waals surface area contributed by atoms with Crippen LogP contribution >= 0.6 is 0 Å². The van der Waals surface area contributed by atoms with Crippen molar-refractivity contribution in [3.63, 3.8) is 0 Å². The summed E-state index contributed by atoms with van der Waals surface area (Å²) in [4.78, 5) is 12.4. The molecule has 2 aromatic heterocycles. The zero-order valence-corrected chi connectivity index (χ0v) is 9.90. The standard InChI is InChI=1S/C12H15N5O/c13-11-10-12(15-6-14-11)17(7-16-10)9-3-1-8(5-18)2-4-9/h1,3,6-9,18H,2,4-5H2,(H2,13,14,15)/t8-,9+/m1/s1. The molecule has 0 radical (unpaired) electrons. The van der Waals surface area contributed by atoms with Gasteiger partial charge in [-0.05, 0) is 12.8 Å². The number of nitrogens with two attached hydrogens (primary N) is 1. The third-order valence-electron chi connectivity index (χ3n) is 3.42. The zero-order chi connectivity index (χ0) is 12.5. The number of fused-ring (bicyclic) bond motifs is 1. The maximum absolute atomic E-state index is 9.11. The normalized spacial score (nSPS) is 23.6. The van der Waals surface area contributed by atoms with Gasteiger partial charge < -0.3 is 15.4 Å². The van der Waals surface area contributed by atoms with Crippen molar-refractivity contribution in [3.05, 3.63) is 24.8 Å². The number of aromatic nitrogens is 4. The maximum atomic E-state index is 9.11. The van der Waals surface area contributed by atoms with Crippen LogP contribution in [0.3, 0.4) is 0 Å². The highest BCUT2D eigenvalue weighted by Gasteiger charge is 2.19. The van der Waals surface area contributed by atoms with Gasteiger partial charge in [0.1, 0.15) is 11.8 Å². The zero-order valence-electron chi connectivity index (χ0n) is 9.90.